The first-order valence-corrected chi connectivity index (χ1v) is 8.80. The van der Waals surface area contributed by atoms with Crippen molar-refractivity contribution in [3.63, 3.8) is 0 Å². The molecule has 1 aliphatic carbocycles. The molecule has 1 N–H and O–H groups in total. The molecule has 2 rings (SSSR count). The molecule has 1 aromatic carbocycles. The van der Waals surface area contributed by atoms with Gasteiger partial charge in [0.1, 0.15) is 0 Å². The van der Waals surface area contributed by atoms with Gasteiger partial charge in [-0.1, -0.05) is 17.7 Å². The van der Waals surface area contributed by atoms with E-state index in [4.69, 9.17) is 4.74 Å². The third-order valence-electron chi connectivity index (χ3n) is 4.06. The summed E-state index contributed by atoms with van der Waals surface area (Å²) in [4.78, 5) is 25.7. The Labute approximate surface area is 150 Å². The number of likely N-dealkylation sites (N-methyl/N-ethyl adjacent to an activating group) is 1. The highest BCUT2D eigenvalue weighted by atomic mass is 16.5. The summed E-state index contributed by atoms with van der Waals surface area (Å²) in [7, 11) is 1.79. The molecule has 0 bridgehead atoms. The molecule has 0 saturated heterocycles. The van der Waals surface area contributed by atoms with Gasteiger partial charge < -0.3 is 15.0 Å². The molecule has 0 atom stereocenters. The van der Waals surface area contributed by atoms with Gasteiger partial charge in [-0.15, -0.1) is 0 Å². The minimum atomic E-state index is -0.105. The molecular weight excluding hydrogens is 316 g/mol. The number of carbonyl (C=O) groups is 2. The molecule has 0 spiro atoms. The zero-order valence-electron chi connectivity index (χ0n) is 15.4. The number of nitrogens with zero attached hydrogens (tertiary/aromatic N) is 1. The molecule has 0 radical (unpaired) electrons. The van der Waals surface area contributed by atoms with E-state index >= 15 is 0 Å². The van der Waals surface area contributed by atoms with Crippen LogP contribution in [0.5, 0.6) is 0 Å². The van der Waals surface area contributed by atoms with E-state index in [1.54, 1.807) is 30.2 Å². The normalized spacial score (nSPS) is 13.2. The van der Waals surface area contributed by atoms with Crippen molar-refractivity contribution in [1.29, 1.82) is 0 Å². The van der Waals surface area contributed by atoms with Gasteiger partial charge in [0.25, 0.3) is 5.91 Å². The van der Waals surface area contributed by atoms with Crippen LogP contribution < -0.4 is 5.32 Å². The lowest BCUT2D eigenvalue weighted by Crippen LogP contribution is -2.30. The number of nitrogens with one attached hydrogen (secondary N) is 1. The van der Waals surface area contributed by atoms with Crippen LogP contribution in [0.2, 0.25) is 0 Å². The molecule has 1 fully saturated rings. The zero-order valence-corrected chi connectivity index (χ0v) is 15.4. The van der Waals surface area contributed by atoms with E-state index in [2.05, 4.69) is 5.32 Å². The lowest BCUT2D eigenvalue weighted by Gasteiger charge is -2.17. The average Bonchev–Trinajstić information content (AvgIpc) is 3.40. The zero-order chi connectivity index (χ0) is 18.2. The maximum absolute atomic E-state index is 12.4. The first kappa shape index (κ1) is 19.2. The van der Waals surface area contributed by atoms with Crippen molar-refractivity contribution in [2.75, 3.05) is 26.8 Å². The van der Waals surface area contributed by atoms with E-state index in [0.29, 0.717) is 25.3 Å². The van der Waals surface area contributed by atoms with Crippen molar-refractivity contribution in [1.82, 2.24) is 10.2 Å². The Morgan fingerprint density at radius 3 is 2.52 bits per heavy atom. The van der Waals surface area contributed by atoms with Crippen LogP contribution in [0.4, 0.5) is 0 Å². The minimum absolute atomic E-state index is 0.0184. The van der Waals surface area contributed by atoms with Crippen LogP contribution in [0.3, 0.4) is 0 Å². The Bertz CT molecular complexity index is 614. The van der Waals surface area contributed by atoms with Gasteiger partial charge in [0.2, 0.25) is 5.91 Å². The minimum Gasteiger partial charge on any atom is -0.379 e. The number of hydrogen-bond donors (Lipinski definition) is 1. The molecular formula is C20H28N2O3. The molecule has 25 heavy (non-hydrogen) atoms. The van der Waals surface area contributed by atoms with Gasteiger partial charge in [-0.3, -0.25) is 9.59 Å². The first-order chi connectivity index (χ1) is 12.0. The van der Waals surface area contributed by atoms with Crippen LogP contribution in [0.1, 0.15) is 42.6 Å². The van der Waals surface area contributed by atoms with Crippen molar-refractivity contribution in [2.24, 2.45) is 5.92 Å². The quantitative estimate of drug-likeness (QED) is 0.553. The Morgan fingerprint density at radius 1 is 1.24 bits per heavy atom. The Balaban J connectivity index is 1.76. The predicted molar refractivity (Wildman–Crippen MR) is 98.2 cm³/mol. The van der Waals surface area contributed by atoms with E-state index in [1.165, 1.54) is 12.8 Å². The number of amides is 2. The summed E-state index contributed by atoms with van der Waals surface area (Å²) < 4.78 is 5.58. The third-order valence-corrected chi connectivity index (χ3v) is 4.06. The number of benzene rings is 1. The lowest BCUT2D eigenvalue weighted by atomic mass is 10.1. The summed E-state index contributed by atoms with van der Waals surface area (Å²) in [5, 5.41) is 2.82. The monoisotopic (exact) mass is 344 g/mol. The van der Waals surface area contributed by atoms with Crippen molar-refractivity contribution in [2.45, 2.75) is 33.2 Å². The SMILES string of the molecule is CC(C)=CC(=O)NCc1ccc(C(=O)N(C)CCOCC2CC2)cc1. The van der Waals surface area contributed by atoms with Crippen LogP contribution in [-0.4, -0.2) is 43.5 Å². The van der Waals surface area contributed by atoms with E-state index < -0.39 is 0 Å². The molecule has 5 nitrogen and oxygen atoms in total. The van der Waals surface area contributed by atoms with Crippen molar-refractivity contribution in [3.05, 3.63) is 47.0 Å². The summed E-state index contributed by atoms with van der Waals surface area (Å²) in [6.07, 6.45) is 4.12. The second-order valence-electron chi connectivity index (χ2n) is 6.88. The lowest BCUT2D eigenvalue weighted by molar-refractivity contribution is -0.116. The highest BCUT2D eigenvalue weighted by Crippen LogP contribution is 2.28. The Hall–Kier alpha value is -2.14. The van der Waals surface area contributed by atoms with Crippen LogP contribution in [-0.2, 0) is 16.1 Å². The van der Waals surface area contributed by atoms with Crippen molar-refractivity contribution in [3.8, 4) is 0 Å². The molecule has 1 saturated carbocycles. The molecule has 0 unspecified atom stereocenters. The number of hydrogen-bond acceptors (Lipinski definition) is 3. The summed E-state index contributed by atoms with van der Waals surface area (Å²) in [5.41, 5.74) is 2.56. The van der Waals surface area contributed by atoms with Gasteiger partial charge in [0.15, 0.2) is 0 Å². The largest absolute Gasteiger partial charge is 0.379 e. The summed E-state index contributed by atoms with van der Waals surface area (Å²) in [6.45, 7) is 6.19. The Morgan fingerprint density at radius 2 is 1.92 bits per heavy atom. The fourth-order valence-corrected chi connectivity index (χ4v) is 2.33. The predicted octanol–water partition coefficient (Wildman–Crippen LogP) is 2.77. The number of ether oxygens (including phenoxy) is 1. The van der Waals surface area contributed by atoms with E-state index in [1.807, 2.05) is 26.0 Å². The molecule has 5 heteroatoms. The molecule has 1 aromatic rings. The highest BCUT2D eigenvalue weighted by Gasteiger charge is 2.21. The maximum Gasteiger partial charge on any atom is 0.253 e. The number of carbonyl (C=O) groups excluding carboxylic acids is 2. The van der Waals surface area contributed by atoms with Crippen LogP contribution in [0.15, 0.2) is 35.9 Å². The van der Waals surface area contributed by atoms with Crippen molar-refractivity contribution >= 4 is 11.8 Å². The Kier molecular flexibility index (Phi) is 7.19. The molecule has 1 aliphatic rings. The van der Waals surface area contributed by atoms with Crippen LogP contribution >= 0.6 is 0 Å². The average molecular weight is 344 g/mol. The van der Waals surface area contributed by atoms with Gasteiger partial charge in [-0.25, -0.2) is 0 Å². The van der Waals surface area contributed by atoms with Crippen molar-refractivity contribution < 1.29 is 14.3 Å². The molecule has 2 amide bonds. The maximum atomic E-state index is 12.4. The molecule has 0 aliphatic heterocycles. The summed E-state index contributed by atoms with van der Waals surface area (Å²) in [5.74, 6) is 0.618. The fourth-order valence-electron chi connectivity index (χ4n) is 2.33. The smallest absolute Gasteiger partial charge is 0.253 e. The first-order valence-electron chi connectivity index (χ1n) is 8.80. The van der Waals surface area contributed by atoms with E-state index in [9.17, 15) is 9.59 Å². The number of rotatable bonds is 9. The summed E-state index contributed by atoms with van der Waals surface area (Å²) >= 11 is 0. The standard InChI is InChI=1S/C20H28N2O3/c1-15(2)12-19(23)21-13-16-6-8-18(9-7-16)20(24)22(3)10-11-25-14-17-4-5-17/h6-9,12,17H,4-5,10-11,13-14H2,1-3H3,(H,21,23). The third kappa shape index (κ3) is 7.10. The van der Waals surface area contributed by atoms with Gasteiger partial charge >= 0.3 is 0 Å². The molecule has 136 valence electrons. The topological polar surface area (TPSA) is 58.6 Å². The van der Waals surface area contributed by atoms with Gasteiger partial charge in [-0.05, 0) is 50.3 Å². The molecule has 0 heterocycles. The summed E-state index contributed by atoms with van der Waals surface area (Å²) in [6, 6.07) is 7.33. The molecule has 0 aromatic heterocycles. The van der Waals surface area contributed by atoms with Crippen LogP contribution in [0.25, 0.3) is 0 Å². The van der Waals surface area contributed by atoms with Gasteiger partial charge in [0.05, 0.1) is 6.61 Å². The second-order valence-corrected chi connectivity index (χ2v) is 6.88. The fraction of sp³-hybridized carbons (Fsp3) is 0.500. The van der Waals surface area contributed by atoms with Gasteiger partial charge in [0, 0.05) is 38.4 Å². The van der Waals surface area contributed by atoms with Gasteiger partial charge in [-0.2, -0.15) is 0 Å². The van der Waals surface area contributed by atoms with E-state index in [-0.39, 0.29) is 11.8 Å². The second kappa shape index (κ2) is 9.37. The van der Waals surface area contributed by atoms with Crippen LogP contribution in [0, 0.1) is 5.92 Å². The highest BCUT2D eigenvalue weighted by molar-refractivity contribution is 5.94. The van der Waals surface area contributed by atoms with E-state index in [0.717, 1.165) is 23.7 Å². The number of allylic oxidation sites excluding steroid dienone is 1.